The second kappa shape index (κ2) is 15.8. The van der Waals surface area contributed by atoms with E-state index in [1.165, 1.54) is 58.5 Å². The van der Waals surface area contributed by atoms with Crippen LogP contribution < -0.4 is 19.5 Å². The third-order valence-corrected chi connectivity index (χ3v) is 10.7. The standard InChI is InChI=1S/C42H42N4O10S2/c1-41(2,3)37-35(39(47)45(43-37)29-11-19-33(20-12-29)57(49,50)51)25-27-7-15-31(16-8-27)55-23-24-56-32-17-9-28(10-18-32)26-36-38(42(4,5)6)44-46(40(36)48)30-13-21-34(22-14-30)58(52,53)54/h7-22,25-26H,23-24H2,1-6H3,(H,49,50,51)(H,52,53,54)/b35-25+,36-26+. The first-order chi connectivity index (χ1) is 27.1. The van der Waals surface area contributed by atoms with Crippen molar-refractivity contribution in [3.8, 4) is 11.5 Å². The van der Waals surface area contributed by atoms with E-state index >= 15 is 0 Å². The van der Waals surface area contributed by atoms with E-state index in [0.717, 1.165) is 11.1 Å². The van der Waals surface area contributed by atoms with Gasteiger partial charge in [0.1, 0.15) is 24.7 Å². The third kappa shape index (κ3) is 9.43. The Balaban J connectivity index is 1.06. The highest BCUT2D eigenvalue weighted by Gasteiger charge is 2.38. The highest BCUT2D eigenvalue weighted by atomic mass is 32.2. The van der Waals surface area contributed by atoms with Gasteiger partial charge in [0.15, 0.2) is 0 Å². The van der Waals surface area contributed by atoms with E-state index in [1.54, 1.807) is 36.4 Å². The highest BCUT2D eigenvalue weighted by Crippen LogP contribution is 2.35. The zero-order valence-electron chi connectivity index (χ0n) is 32.6. The fourth-order valence-electron chi connectivity index (χ4n) is 6.04. The molecule has 4 aromatic carbocycles. The number of hydrogen-bond donors (Lipinski definition) is 2. The number of rotatable bonds is 11. The molecule has 0 bridgehead atoms. The number of hydrazone groups is 2. The first kappa shape index (κ1) is 41.7. The van der Waals surface area contributed by atoms with Crippen molar-refractivity contribution in [2.75, 3.05) is 23.2 Å². The van der Waals surface area contributed by atoms with Gasteiger partial charge in [-0.15, -0.1) is 0 Å². The van der Waals surface area contributed by atoms with Crippen molar-refractivity contribution in [2.24, 2.45) is 21.0 Å². The lowest BCUT2D eigenvalue weighted by molar-refractivity contribution is -0.115. The Labute approximate surface area is 337 Å². The summed E-state index contributed by atoms with van der Waals surface area (Å²) in [7, 11) is -8.77. The molecule has 0 aliphatic carbocycles. The fraction of sp³-hybridized carbons (Fsp3) is 0.238. The average molecular weight is 827 g/mol. The lowest BCUT2D eigenvalue weighted by Gasteiger charge is -2.18. The van der Waals surface area contributed by atoms with Gasteiger partial charge < -0.3 is 9.47 Å². The van der Waals surface area contributed by atoms with Crippen molar-refractivity contribution in [1.29, 1.82) is 0 Å². The van der Waals surface area contributed by atoms with E-state index in [-0.39, 0.29) is 34.8 Å². The summed E-state index contributed by atoms with van der Waals surface area (Å²) in [5.41, 5.74) is 3.12. The Hall–Kier alpha value is -5.94. The molecule has 14 nitrogen and oxygen atoms in total. The molecule has 0 fully saturated rings. The topological polar surface area (TPSA) is 193 Å². The molecule has 0 unspecified atom stereocenters. The average Bonchev–Trinajstić information content (AvgIpc) is 3.66. The Morgan fingerprint density at radius 3 is 1.12 bits per heavy atom. The van der Waals surface area contributed by atoms with Gasteiger partial charge in [0.2, 0.25) is 0 Å². The number of carbonyl (C=O) groups excluding carboxylic acids is 2. The summed E-state index contributed by atoms with van der Waals surface area (Å²) >= 11 is 0. The van der Waals surface area contributed by atoms with Crippen molar-refractivity contribution in [1.82, 2.24) is 0 Å². The van der Waals surface area contributed by atoms with Crippen molar-refractivity contribution in [2.45, 2.75) is 51.3 Å². The Kier molecular flexibility index (Phi) is 11.3. The molecule has 2 amide bonds. The van der Waals surface area contributed by atoms with Crippen molar-refractivity contribution >= 4 is 67.0 Å². The molecule has 0 saturated carbocycles. The molecule has 2 aliphatic rings. The van der Waals surface area contributed by atoms with E-state index in [4.69, 9.17) is 9.47 Å². The Morgan fingerprint density at radius 2 is 0.845 bits per heavy atom. The quantitative estimate of drug-likeness (QED) is 0.0881. The first-order valence-electron chi connectivity index (χ1n) is 18.0. The van der Waals surface area contributed by atoms with Gasteiger partial charge in [0.25, 0.3) is 32.1 Å². The second-order valence-corrected chi connectivity index (χ2v) is 18.4. The molecule has 0 spiro atoms. The predicted octanol–water partition coefficient (Wildman–Crippen LogP) is 7.30. The minimum absolute atomic E-state index is 0.248. The van der Waals surface area contributed by atoms with Crippen molar-refractivity contribution < 1.29 is 45.0 Å². The maximum absolute atomic E-state index is 13.6. The van der Waals surface area contributed by atoms with E-state index < -0.39 is 31.1 Å². The zero-order valence-corrected chi connectivity index (χ0v) is 34.2. The Bertz CT molecular complexity index is 2400. The minimum Gasteiger partial charge on any atom is -0.490 e. The highest BCUT2D eigenvalue weighted by molar-refractivity contribution is 7.86. The number of ether oxygens (including phenoxy) is 2. The molecule has 302 valence electrons. The van der Waals surface area contributed by atoms with Gasteiger partial charge in [-0.3, -0.25) is 18.7 Å². The molecule has 2 heterocycles. The normalized spacial score (nSPS) is 16.6. The van der Waals surface area contributed by atoms with Crippen molar-refractivity contribution in [3.63, 3.8) is 0 Å². The molecule has 0 aromatic heterocycles. The molecule has 16 heteroatoms. The molecule has 2 N–H and O–H groups in total. The number of hydrogen-bond acceptors (Lipinski definition) is 10. The van der Waals surface area contributed by atoms with Crippen LogP contribution in [-0.4, -0.2) is 62.4 Å². The Morgan fingerprint density at radius 1 is 0.534 bits per heavy atom. The van der Waals surface area contributed by atoms with Crippen LogP contribution in [0.4, 0.5) is 11.4 Å². The molecule has 6 rings (SSSR count). The van der Waals surface area contributed by atoms with Crippen LogP contribution in [0.5, 0.6) is 11.5 Å². The van der Waals surface area contributed by atoms with Gasteiger partial charge in [0.05, 0.1) is 43.7 Å². The fourth-order valence-corrected chi connectivity index (χ4v) is 7.00. The SMILES string of the molecule is CC(C)(C)C1=NN(c2ccc(S(=O)(=O)O)cc2)C(=O)/C1=C/c1ccc(OCCOc2ccc(/C=C3/C(=O)N(c4ccc(S(=O)(=O)O)cc4)N=C3C(C)(C)C)cc2)cc1. The summed E-state index contributed by atoms with van der Waals surface area (Å²) in [6.45, 7) is 12.1. The number of anilines is 2. The lowest BCUT2D eigenvalue weighted by atomic mass is 9.85. The summed E-state index contributed by atoms with van der Waals surface area (Å²) in [5, 5.41) is 11.6. The molecular formula is C42H42N4O10S2. The summed E-state index contributed by atoms with van der Waals surface area (Å²) in [4.78, 5) is 26.5. The summed E-state index contributed by atoms with van der Waals surface area (Å²) in [5.74, 6) is 0.435. The van der Waals surface area contributed by atoms with Crippen LogP contribution in [-0.2, 0) is 29.8 Å². The van der Waals surface area contributed by atoms with E-state index in [9.17, 15) is 35.5 Å². The number of carbonyl (C=O) groups is 2. The van der Waals surface area contributed by atoms with Crippen LogP contribution >= 0.6 is 0 Å². The van der Waals surface area contributed by atoms with Crippen LogP contribution in [0.3, 0.4) is 0 Å². The van der Waals surface area contributed by atoms with E-state index in [1.807, 2.05) is 65.8 Å². The van der Waals surface area contributed by atoms with Crippen LogP contribution in [0.25, 0.3) is 12.2 Å². The second-order valence-electron chi connectivity index (χ2n) is 15.5. The smallest absolute Gasteiger partial charge is 0.294 e. The maximum Gasteiger partial charge on any atom is 0.294 e. The largest absolute Gasteiger partial charge is 0.490 e. The molecular weight excluding hydrogens is 785 g/mol. The summed E-state index contributed by atoms with van der Waals surface area (Å²) in [6, 6.07) is 24.9. The van der Waals surface area contributed by atoms with Crippen LogP contribution in [0.2, 0.25) is 0 Å². The number of amides is 2. The molecule has 0 saturated heterocycles. The molecule has 0 radical (unpaired) electrons. The number of nitrogens with zero attached hydrogens (tertiary/aromatic N) is 4. The summed E-state index contributed by atoms with van der Waals surface area (Å²) < 4.78 is 76.3. The zero-order chi connectivity index (χ0) is 42.2. The van der Waals surface area contributed by atoms with E-state index in [0.29, 0.717) is 45.4 Å². The van der Waals surface area contributed by atoms with Crippen molar-refractivity contribution in [3.05, 3.63) is 119 Å². The summed E-state index contributed by atoms with van der Waals surface area (Å²) in [6.07, 6.45) is 3.49. The van der Waals surface area contributed by atoms with Gasteiger partial charge in [0, 0.05) is 10.8 Å². The number of benzene rings is 4. The minimum atomic E-state index is -4.39. The van der Waals surface area contributed by atoms with Gasteiger partial charge in [-0.25, -0.2) is 0 Å². The molecule has 58 heavy (non-hydrogen) atoms. The van der Waals surface area contributed by atoms with Crippen LogP contribution in [0.1, 0.15) is 52.7 Å². The lowest BCUT2D eigenvalue weighted by Crippen LogP contribution is -2.24. The predicted molar refractivity (Wildman–Crippen MR) is 221 cm³/mol. The third-order valence-electron chi connectivity index (χ3n) is 8.94. The van der Waals surface area contributed by atoms with Gasteiger partial charge in [-0.05, 0) is 96.1 Å². The van der Waals surface area contributed by atoms with Crippen LogP contribution in [0, 0.1) is 10.8 Å². The monoisotopic (exact) mass is 826 g/mol. The maximum atomic E-state index is 13.6. The van der Waals surface area contributed by atoms with Gasteiger partial charge >= 0.3 is 0 Å². The molecule has 2 aliphatic heterocycles. The van der Waals surface area contributed by atoms with Gasteiger partial charge in [-0.2, -0.15) is 37.1 Å². The van der Waals surface area contributed by atoms with E-state index in [2.05, 4.69) is 10.2 Å². The van der Waals surface area contributed by atoms with Gasteiger partial charge in [-0.1, -0.05) is 65.8 Å². The first-order valence-corrected chi connectivity index (χ1v) is 20.9. The van der Waals surface area contributed by atoms with Crippen LogP contribution in [0.15, 0.2) is 128 Å². The molecule has 0 atom stereocenters. The molecule has 4 aromatic rings.